The topological polar surface area (TPSA) is 54.6 Å². The molecule has 3 rings (SSSR count). The number of hydrogen-bond acceptors (Lipinski definition) is 2. The van der Waals surface area contributed by atoms with Crippen molar-refractivity contribution in [2.75, 3.05) is 0 Å². The quantitative estimate of drug-likeness (QED) is 0.708. The summed E-state index contributed by atoms with van der Waals surface area (Å²) in [5.41, 5.74) is 2.47. The van der Waals surface area contributed by atoms with Crippen LogP contribution in [0.25, 0.3) is 16.9 Å². The number of carboxylic acid groups (broad SMARTS) is 1. The Labute approximate surface area is 114 Å². The number of benzene rings is 1. The summed E-state index contributed by atoms with van der Waals surface area (Å²) in [5.74, 6) is -1.44. The SMILES string of the molecule is Bc1ccc2nc(-c3ccc(F)cc3)c(C(=O)O)n2c1. The van der Waals surface area contributed by atoms with Gasteiger partial charge >= 0.3 is 5.97 Å². The zero-order chi connectivity index (χ0) is 14.3. The zero-order valence-electron chi connectivity index (χ0n) is 10.7. The molecule has 2 aromatic heterocycles. The first-order chi connectivity index (χ1) is 9.56. The van der Waals surface area contributed by atoms with Crippen LogP contribution in [0.1, 0.15) is 10.5 Å². The fraction of sp³-hybridized carbons (Fsp3) is 0. The standard InChI is InChI=1S/C14H10BFN2O2/c15-9-3-6-11-17-12(8-1-4-10(16)5-2-8)13(14(19)20)18(11)7-9/h1-7H,15H2,(H,19,20). The molecule has 0 fully saturated rings. The van der Waals surface area contributed by atoms with Crippen LogP contribution in [0, 0.1) is 5.82 Å². The van der Waals surface area contributed by atoms with Crippen molar-refractivity contribution in [3.8, 4) is 11.3 Å². The number of nitrogens with zero attached hydrogens (tertiary/aromatic N) is 2. The zero-order valence-corrected chi connectivity index (χ0v) is 10.7. The van der Waals surface area contributed by atoms with E-state index in [9.17, 15) is 14.3 Å². The van der Waals surface area contributed by atoms with E-state index in [4.69, 9.17) is 0 Å². The smallest absolute Gasteiger partial charge is 0.355 e. The van der Waals surface area contributed by atoms with Crippen LogP contribution in [0.3, 0.4) is 0 Å². The molecule has 1 N–H and O–H groups in total. The highest BCUT2D eigenvalue weighted by Gasteiger charge is 2.19. The van der Waals surface area contributed by atoms with Crippen molar-refractivity contribution in [3.63, 3.8) is 0 Å². The van der Waals surface area contributed by atoms with Gasteiger partial charge in [0.15, 0.2) is 5.69 Å². The average molecular weight is 268 g/mol. The number of pyridine rings is 1. The van der Waals surface area contributed by atoms with Crippen LogP contribution in [0.5, 0.6) is 0 Å². The number of rotatable bonds is 2. The van der Waals surface area contributed by atoms with Crippen molar-refractivity contribution in [2.24, 2.45) is 0 Å². The van der Waals surface area contributed by atoms with Gasteiger partial charge in [0.25, 0.3) is 0 Å². The summed E-state index contributed by atoms with van der Waals surface area (Å²) in [7, 11) is 1.88. The lowest BCUT2D eigenvalue weighted by atomic mass is 9.99. The third-order valence-electron chi connectivity index (χ3n) is 3.09. The number of imidazole rings is 1. The van der Waals surface area contributed by atoms with E-state index in [1.54, 1.807) is 12.3 Å². The van der Waals surface area contributed by atoms with Crippen LogP contribution in [0.15, 0.2) is 42.6 Å². The van der Waals surface area contributed by atoms with Gasteiger partial charge in [-0.3, -0.25) is 4.40 Å². The lowest BCUT2D eigenvalue weighted by molar-refractivity contribution is 0.0690. The highest BCUT2D eigenvalue weighted by molar-refractivity contribution is 6.32. The van der Waals surface area contributed by atoms with Gasteiger partial charge in [0.2, 0.25) is 0 Å². The summed E-state index contributed by atoms with van der Waals surface area (Å²) in [6.45, 7) is 0. The molecule has 0 spiro atoms. The number of hydrogen-bond donors (Lipinski definition) is 1. The third-order valence-corrected chi connectivity index (χ3v) is 3.09. The highest BCUT2D eigenvalue weighted by atomic mass is 19.1. The van der Waals surface area contributed by atoms with Crippen molar-refractivity contribution in [3.05, 3.63) is 54.1 Å². The molecule has 2 heterocycles. The van der Waals surface area contributed by atoms with Gasteiger partial charge in [0.05, 0.1) is 0 Å². The second kappa shape index (κ2) is 4.49. The van der Waals surface area contributed by atoms with E-state index in [0.717, 1.165) is 5.46 Å². The average Bonchev–Trinajstić information content (AvgIpc) is 2.78. The van der Waals surface area contributed by atoms with Gasteiger partial charge in [-0.2, -0.15) is 0 Å². The highest BCUT2D eigenvalue weighted by Crippen LogP contribution is 2.24. The Bertz CT molecular complexity index is 812. The van der Waals surface area contributed by atoms with E-state index < -0.39 is 5.97 Å². The molecule has 3 aromatic rings. The molecule has 0 radical (unpaired) electrons. The minimum Gasteiger partial charge on any atom is -0.476 e. The minimum absolute atomic E-state index is 0.0790. The largest absolute Gasteiger partial charge is 0.476 e. The Hall–Kier alpha value is -2.63. The van der Waals surface area contributed by atoms with E-state index in [1.807, 2.05) is 13.9 Å². The molecule has 0 aliphatic heterocycles. The summed E-state index contributed by atoms with van der Waals surface area (Å²) >= 11 is 0. The normalized spacial score (nSPS) is 10.8. The van der Waals surface area contributed by atoms with Crippen LogP contribution in [-0.4, -0.2) is 28.3 Å². The summed E-state index contributed by atoms with van der Waals surface area (Å²) in [5, 5.41) is 9.42. The van der Waals surface area contributed by atoms with Crippen molar-refractivity contribution < 1.29 is 14.3 Å². The molecule has 0 bridgehead atoms. The summed E-state index contributed by atoms with van der Waals surface area (Å²) in [6.07, 6.45) is 1.72. The fourth-order valence-electron chi connectivity index (χ4n) is 2.16. The predicted octanol–water partition coefficient (Wildman–Crippen LogP) is 1.10. The van der Waals surface area contributed by atoms with Crippen LogP contribution in [0.2, 0.25) is 0 Å². The van der Waals surface area contributed by atoms with E-state index in [-0.39, 0.29) is 11.5 Å². The van der Waals surface area contributed by atoms with Crippen LogP contribution < -0.4 is 5.46 Å². The molecule has 0 aliphatic rings. The van der Waals surface area contributed by atoms with Gasteiger partial charge in [-0.05, 0) is 30.3 Å². The number of fused-ring (bicyclic) bond motifs is 1. The third kappa shape index (κ3) is 1.95. The summed E-state index contributed by atoms with van der Waals surface area (Å²) in [6, 6.07) is 9.25. The maximum atomic E-state index is 13.0. The van der Waals surface area contributed by atoms with Crippen molar-refractivity contribution in [1.29, 1.82) is 0 Å². The molecule has 0 amide bonds. The van der Waals surface area contributed by atoms with Crippen LogP contribution >= 0.6 is 0 Å². The monoisotopic (exact) mass is 268 g/mol. The van der Waals surface area contributed by atoms with E-state index in [0.29, 0.717) is 16.9 Å². The van der Waals surface area contributed by atoms with Gasteiger partial charge in [-0.25, -0.2) is 14.2 Å². The maximum absolute atomic E-state index is 13.0. The van der Waals surface area contributed by atoms with Crippen molar-refractivity contribution in [1.82, 2.24) is 9.38 Å². The Balaban J connectivity index is 2.32. The Morgan fingerprint density at radius 1 is 1.20 bits per heavy atom. The first kappa shape index (κ1) is 12.4. The molecular formula is C14H10BFN2O2. The molecule has 1 aromatic carbocycles. The van der Waals surface area contributed by atoms with Gasteiger partial charge in [-0.1, -0.05) is 11.5 Å². The molecule has 0 atom stereocenters. The first-order valence-electron chi connectivity index (χ1n) is 6.04. The maximum Gasteiger partial charge on any atom is 0.355 e. The lowest BCUT2D eigenvalue weighted by Crippen LogP contribution is -2.09. The molecule has 0 saturated carbocycles. The number of aromatic nitrogens is 2. The number of carbonyl (C=O) groups is 1. The Morgan fingerprint density at radius 3 is 2.55 bits per heavy atom. The molecule has 4 nitrogen and oxygen atoms in total. The molecule has 98 valence electrons. The molecule has 0 unspecified atom stereocenters. The molecule has 0 saturated heterocycles. The first-order valence-corrected chi connectivity index (χ1v) is 6.04. The number of halogens is 1. The summed E-state index contributed by atoms with van der Waals surface area (Å²) < 4.78 is 14.5. The van der Waals surface area contributed by atoms with Crippen molar-refractivity contribution in [2.45, 2.75) is 0 Å². The van der Waals surface area contributed by atoms with E-state index in [2.05, 4.69) is 4.98 Å². The molecule has 6 heteroatoms. The fourth-order valence-corrected chi connectivity index (χ4v) is 2.16. The second-order valence-electron chi connectivity index (χ2n) is 4.56. The number of aromatic carboxylic acids is 1. The van der Waals surface area contributed by atoms with Crippen LogP contribution in [0.4, 0.5) is 4.39 Å². The second-order valence-corrected chi connectivity index (χ2v) is 4.56. The molecular weight excluding hydrogens is 258 g/mol. The van der Waals surface area contributed by atoms with Gasteiger partial charge in [0, 0.05) is 11.8 Å². The minimum atomic E-state index is -1.07. The predicted molar refractivity (Wildman–Crippen MR) is 75.7 cm³/mol. The van der Waals surface area contributed by atoms with Gasteiger partial charge in [0.1, 0.15) is 25.0 Å². The lowest BCUT2D eigenvalue weighted by Gasteiger charge is -2.01. The van der Waals surface area contributed by atoms with Gasteiger partial charge in [-0.15, -0.1) is 0 Å². The van der Waals surface area contributed by atoms with E-state index in [1.165, 1.54) is 28.7 Å². The summed E-state index contributed by atoms with van der Waals surface area (Å²) in [4.78, 5) is 15.8. The van der Waals surface area contributed by atoms with Gasteiger partial charge < -0.3 is 5.11 Å². The van der Waals surface area contributed by atoms with Crippen LogP contribution in [-0.2, 0) is 0 Å². The molecule has 0 aliphatic carbocycles. The molecule has 20 heavy (non-hydrogen) atoms. The number of carboxylic acids is 1. The Morgan fingerprint density at radius 2 is 1.90 bits per heavy atom. The van der Waals surface area contributed by atoms with E-state index >= 15 is 0 Å². The Kier molecular flexibility index (Phi) is 2.78. The van der Waals surface area contributed by atoms with Crippen molar-refractivity contribution >= 4 is 24.9 Å².